The average Bonchev–Trinajstić information content (AvgIpc) is 3.85. The van der Waals surface area contributed by atoms with E-state index in [1.807, 2.05) is 30.3 Å². The van der Waals surface area contributed by atoms with Crippen LogP contribution in [0.3, 0.4) is 0 Å². The summed E-state index contributed by atoms with van der Waals surface area (Å²) >= 11 is 0. The van der Waals surface area contributed by atoms with Crippen molar-refractivity contribution in [2.75, 3.05) is 0 Å². The van der Waals surface area contributed by atoms with Crippen molar-refractivity contribution in [1.82, 2.24) is 9.97 Å². The zero-order chi connectivity index (χ0) is 42.8. The first kappa shape index (κ1) is 37.6. The molecule has 302 valence electrons. The summed E-state index contributed by atoms with van der Waals surface area (Å²) in [6.45, 7) is 4.70. The first-order chi connectivity index (χ1) is 31.4. The summed E-state index contributed by atoms with van der Waals surface area (Å²) in [7, 11) is 0. The maximum Gasteiger partial charge on any atom is 0.160 e. The van der Waals surface area contributed by atoms with Gasteiger partial charge in [-0.15, -0.1) is 0 Å². The van der Waals surface area contributed by atoms with Crippen LogP contribution in [0.1, 0.15) is 25.0 Å². The minimum atomic E-state index is -0.108. The number of rotatable bonds is 7. The minimum Gasteiger partial charge on any atom is -0.456 e. The fourth-order valence-corrected chi connectivity index (χ4v) is 9.79. The zero-order valence-corrected chi connectivity index (χ0v) is 35.6. The number of hydrogen-bond donors (Lipinski definition) is 0. The lowest BCUT2D eigenvalue weighted by molar-refractivity contribution is 0.660. The molecule has 64 heavy (non-hydrogen) atoms. The molecular formula is C61H42N2O. The van der Waals surface area contributed by atoms with E-state index in [1.165, 1.54) is 38.9 Å². The van der Waals surface area contributed by atoms with E-state index < -0.39 is 0 Å². The number of fused-ring (bicyclic) bond motifs is 6. The molecule has 0 saturated heterocycles. The fraction of sp³-hybridized carbons (Fsp3) is 0.0492. The third kappa shape index (κ3) is 6.44. The van der Waals surface area contributed by atoms with Crippen LogP contribution in [0.25, 0.3) is 111 Å². The van der Waals surface area contributed by atoms with Gasteiger partial charge in [0, 0.05) is 32.9 Å². The highest BCUT2D eigenvalue weighted by atomic mass is 16.3. The molecule has 0 aliphatic heterocycles. The number of benzene rings is 9. The van der Waals surface area contributed by atoms with Gasteiger partial charge in [-0.2, -0.15) is 0 Å². The predicted molar refractivity (Wildman–Crippen MR) is 265 cm³/mol. The van der Waals surface area contributed by atoms with Crippen LogP contribution < -0.4 is 0 Å². The van der Waals surface area contributed by atoms with E-state index in [-0.39, 0.29) is 5.41 Å². The highest BCUT2D eigenvalue weighted by molar-refractivity contribution is 6.06. The highest BCUT2D eigenvalue weighted by Gasteiger charge is 2.35. The van der Waals surface area contributed by atoms with Crippen molar-refractivity contribution in [3.05, 3.63) is 230 Å². The summed E-state index contributed by atoms with van der Waals surface area (Å²) in [6, 6.07) is 78.1. The van der Waals surface area contributed by atoms with E-state index in [2.05, 4.69) is 202 Å². The first-order valence-electron chi connectivity index (χ1n) is 22.0. The van der Waals surface area contributed by atoms with Crippen LogP contribution in [-0.2, 0) is 5.41 Å². The second kappa shape index (κ2) is 15.0. The van der Waals surface area contributed by atoms with Gasteiger partial charge in [0.15, 0.2) is 5.82 Å². The Balaban J connectivity index is 1.05. The Kier molecular flexibility index (Phi) is 8.84. The minimum absolute atomic E-state index is 0.108. The van der Waals surface area contributed by atoms with Crippen LogP contribution in [-0.4, -0.2) is 9.97 Å². The van der Waals surface area contributed by atoms with Crippen LogP contribution in [0.4, 0.5) is 0 Å². The van der Waals surface area contributed by atoms with Gasteiger partial charge in [-0.1, -0.05) is 184 Å². The summed E-state index contributed by atoms with van der Waals surface area (Å²) < 4.78 is 6.29. The molecule has 0 unspecified atom stereocenters. The molecule has 2 aromatic heterocycles. The fourth-order valence-electron chi connectivity index (χ4n) is 9.79. The number of aromatic nitrogens is 2. The van der Waals surface area contributed by atoms with Crippen molar-refractivity contribution in [3.8, 4) is 89.5 Å². The zero-order valence-electron chi connectivity index (χ0n) is 35.6. The normalized spacial score (nSPS) is 12.7. The third-order valence-corrected chi connectivity index (χ3v) is 13.1. The van der Waals surface area contributed by atoms with Crippen LogP contribution in [0.15, 0.2) is 223 Å². The Morgan fingerprint density at radius 3 is 1.62 bits per heavy atom. The van der Waals surface area contributed by atoms with E-state index >= 15 is 0 Å². The number of para-hydroxylation sites is 1. The maximum absolute atomic E-state index is 6.29. The molecule has 0 bridgehead atoms. The summed E-state index contributed by atoms with van der Waals surface area (Å²) in [5.41, 5.74) is 20.9. The van der Waals surface area contributed by atoms with Gasteiger partial charge < -0.3 is 4.42 Å². The Bertz CT molecular complexity index is 3560. The Morgan fingerprint density at radius 2 is 0.844 bits per heavy atom. The molecule has 1 aliphatic rings. The van der Waals surface area contributed by atoms with Crippen molar-refractivity contribution in [1.29, 1.82) is 0 Å². The second-order valence-corrected chi connectivity index (χ2v) is 17.4. The van der Waals surface area contributed by atoms with Crippen LogP contribution >= 0.6 is 0 Å². The van der Waals surface area contributed by atoms with Gasteiger partial charge in [0.1, 0.15) is 11.2 Å². The molecule has 0 N–H and O–H groups in total. The average molecular weight is 819 g/mol. The summed E-state index contributed by atoms with van der Waals surface area (Å²) in [5, 5.41) is 2.20. The molecule has 0 amide bonds. The Hall–Kier alpha value is -8.14. The summed E-state index contributed by atoms with van der Waals surface area (Å²) in [5.74, 6) is 0.681. The molecule has 0 atom stereocenters. The van der Waals surface area contributed by atoms with Crippen molar-refractivity contribution < 1.29 is 4.42 Å². The third-order valence-electron chi connectivity index (χ3n) is 13.1. The second-order valence-electron chi connectivity index (χ2n) is 17.4. The molecule has 0 fully saturated rings. The molecule has 9 aromatic carbocycles. The molecule has 11 aromatic rings. The first-order valence-corrected chi connectivity index (χ1v) is 22.0. The standard InChI is InChI=1S/C61H42N2O/c1-61(2)54-23-13-11-21-50(54)51-31-29-44(37-55(51)61)48-19-9-10-20-49(48)46-33-45(43-30-32-59-53(36-43)52-22-12-14-24-58(52)64-59)34-47(35-46)57-38-56(62-60(63-57)42-17-7-4-8-18-42)41-27-25-40(26-28-41)39-15-5-3-6-16-39/h3-38H,1-2H3. The van der Waals surface area contributed by atoms with Crippen molar-refractivity contribution in [2.24, 2.45) is 0 Å². The number of furan rings is 1. The van der Waals surface area contributed by atoms with Crippen molar-refractivity contribution in [2.45, 2.75) is 19.3 Å². The van der Waals surface area contributed by atoms with E-state index in [1.54, 1.807) is 0 Å². The topological polar surface area (TPSA) is 38.9 Å². The lowest BCUT2D eigenvalue weighted by Gasteiger charge is -2.22. The summed E-state index contributed by atoms with van der Waals surface area (Å²) in [6.07, 6.45) is 0. The van der Waals surface area contributed by atoms with Crippen LogP contribution in [0.2, 0.25) is 0 Å². The molecule has 0 radical (unpaired) electrons. The molecule has 0 spiro atoms. The highest BCUT2D eigenvalue weighted by Crippen LogP contribution is 2.50. The molecule has 2 heterocycles. The molecule has 0 saturated carbocycles. The lowest BCUT2D eigenvalue weighted by atomic mass is 9.81. The largest absolute Gasteiger partial charge is 0.456 e. The number of nitrogens with zero attached hydrogens (tertiary/aromatic N) is 2. The predicted octanol–water partition coefficient (Wildman–Crippen LogP) is 16.4. The monoisotopic (exact) mass is 818 g/mol. The van der Waals surface area contributed by atoms with Gasteiger partial charge in [0.05, 0.1) is 11.4 Å². The van der Waals surface area contributed by atoms with Gasteiger partial charge in [-0.05, 0) is 115 Å². The number of hydrogen-bond acceptors (Lipinski definition) is 3. The quantitative estimate of drug-likeness (QED) is 0.161. The molecule has 12 rings (SSSR count). The van der Waals surface area contributed by atoms with Crippen molar-refractivity contribution >= 4 is 21.9 Å². The van der Waals surface area contributed by atoms with Crippen LogP contribution in [0.5, 0.6) is 0 Å². The van der Waals surface area contributed by atoms with E-state index in [9.17, 15) is 0 Å². The maximum atomic E-state index is 6.29. The Labute approximate surface area is 373 Å². The molecule has 3 heteroatoms. The van der Waals surface area contributed by atoms with E-state index in [0.29, 0.717) is 5.82 Å². The SMILES string of the molecule is CC1(C)c2ccccc2-c2ccc(-c3ccccc3-c3cc(-c4ccc5oc6ccccc6c5c4)cc(-c4cc(-c5ccc(-c6ccccc6)cc5)nc(-c5ccccc5)n4)c3)cc21. The van der Waals surface area contributed by atoms with Gasteiger partial charge in [0.25, 0.3) is 0 Å². The van der Waals surface area contributed by atoms with E-state index in [0.717, 1.165) is 77.8 Å². The van der Waals surface area contributed by atoms with Crippen LogP contribution in [0, 0.1) is 0 Å². The Morgan fingerprint density at radius 1 is 0.312 bits per heavy atom. The molecular weight excluding hydrogens is 777 g/mol. The molecule has 3 nitrogen and oxygen atoms in total. The lowest BCUT2D eigenvalue weighted by Crippen LogP contribution is -2.14. The smallest absolute Gasteiger partial charge is 0.160 e. The van der Waals surface area contributed by atoms with Crippen molar-refractivity contribution in [3.63, 3.8) is 0 Å². The van der Waals surface area contributed by atoms with Gasteiger partial charge in [0.2, 0.25) is 0 Å². The van der Waals surface area contributed by atoms with Gasteiger partial charge >= 0.3 is 0 Å². The van der Waals surface area contributed by atoms with E-state index in [4.69, 9.17) is 14.4 Å². The summed E-state index contributed by atoms with van der Waals surface area (Å²) in [4.78, 5) is 10.6. The molecule has 1 aliphatic carbocycles. The van der Waals surface area contributed by atoms with Gasteiger partial charge in [-0.25, -0.2) is 9.97 Å². The van der Waals surface area contributed by atoms with Gasteiger partial charge in [-0.3, -0.25) is 0 Å².